The van der Waals surface area contributed by atoms with Gasteiger partial charge in [-0.3, -0.25) is 4.79 Å². The second-order valence-corrected chi connectivity index (χ2v) is 8.83. The molecule has 0 atom stereocenters. The maximum Gasteiger partial charge on any atom is 0.416 e. The molecule has 7 heteroatoms. The van der Waals surface area contributed by atoms with E-state index < -0.39 is 17.7 Å². The van der Waals surface area contributed by atoms with Gasteiger partial charge in [0.05, 0.1) is 24.6 Å². The minimum Gasteiger partial charge on any atom is -0.383 e. The summed E-state index contributed by atoms with van der Waals surface area (Å²) in [6.07, 6.45) is -2.58. The van der Waals surface area contributed by atoms with Crippen molar-refractivity contribution in [2.45, 2.75) is 25.2 Å². The van der Waals surface area contributed by atoms with Gasteiger partial charge in [0.15, 0.2) is 0 Å². The SMILES string of the molecule is COCCN(Cc1cccn1Cc1cccc(C(F)(F)F)c1)C(=O)C(c1ccccc1)c1ccccc1. The highest BCUT2D eigenvalue weighted by Crippen LogP contribution is 2.30. The fourth-order valence-electron chi connectivity index (χ4n) is 4.41. The molecule has 0 bridgehead atoms. The van der Waals surface area contributed by atoms with E-state index in [1.165, 1.54) is 12.1 Å². The zero-order valence-corrected chi connectivity index (χ0v) is 20.6. The summed E-state index contributed by atoms with van der Waals surface area (Å²) in [6, 6.07) is 28.3. The Balaban J connectivity index is 1.62. The highest BCUT2D eigenvalue weighted by molar-refractivity contribution is 5.87. The number of benzene rings is 3. The molecule has 0 unspecified atom stereocenters. The summed E-state index contributed by atoms with van der Waals surface area (Å²) in [4.78, 5) is 15.8. The van der Waals surface area contributed by atoms with Gasteiger partial charge in [-0.2, -0.15) is 13.2 Å². The van der Waals surface area contributed by atoms with E-state index in [-0.39, 0.29) is 12.5 Å². The molecule has 3 aromatic carbocycles. The molecule has 0 radical (unpaired) electrons. The van der Waals surface area contributed by atoms with Crippen molar-refractivity contribution < 1.29 is 22.7 Å². The number of ether oxygens (including phenoxy) is 1. The average Bonchev–Trinajstić information content (AvgIpc) is 3.34. The van der Waals surface area contributed by atoms with E-state index in [1.807, 2.05) is 83.6 Å². The molecule has 1 heterocycles. The van der Waals surface area contributed by atoms with E-state index in [9.17, 15) is 18.0 Å². The summed E-state index contributed by atoms with van der Waals surface area (Å²) in [7, 11) is 1.59. The Kier molecular flexibility index (Phi) is 8.46. The number of carbonyl (C=O) groups excluding carboxylic acids is 1. The second-order valence-electron chi connectivity index (χ2n) is 8.83. The first-order valence-electron chi connectivity index (χ1n) is 12.0. The van der Waals surface area contributed by atoms with Crippen LogP contribution in [0.2, 0.25) is 0 Å². The highest BCUT2D eigenvalue weighted by atomic mass is 19.4. The summed E-state index contributed by atoms with van der Waals surface area (Å²) in [5.41, 5.74) is 2.46. The summed E-state index contributed by atoms with van der Waals surface area (Å²) in [5.74, 6) is -0.563. The van der Waals surface area contributed by atoms with Crippen molar-refractivity contribution in [2.24, 2.45) is 0 Å². The molecule has 1 amide bonds. The lowest BCUT2D eigenvalue weighted by Crippen LogP contribution is -2.38. The molecule has 4 rings (SSSR count). The van der Waals surface area contributed by atoms with Crippen molar-refractivity contribution >= 4 is 5.91 Å². The molecule has 0 saturated heterocycles. The minimum absolute atomic E-state index is 0.0683. The van der Waals surface area contributed by atoms with Gasteiger partial charge in [0.2, 0.25) is 5.91 Å². The standard InChI is InChI=1S/C30H29F3N2O2/c1-37-19-18-35(29(36)28(24-11-4-2-5-12-24)25-13-6-3-7-14-25)22-27-16-9-17-34(27)21-23-10-8-15-26(20-23)30(31,32)33/h2-17,20,28H,18-19,21-22H2,1H3. The van der Waals surface area contributed by atoms with E-state index in [1.54, 1.807) is 18.1 Å². The van der Waals surface area contributed by atoms with Gasteiger partial charge in [0.1, 0.15) is 0 Å². The smallest absolute Gasteiger partial charge is 0.383 e. The number of methoxy groups -OCH3 is 1. The number of nitrogens with zero attached hydrogens (tertiary/aromatic N) is 2. The van der Waals surface area contributed by atoms with Crippen LogP contribution in [0.1, 0.15) is 33.9 Å². The zero-order valence-electron chi connectivity index (χ0n) is 20.6. The predicted molar refractivity (Wildman–Crippen MR) is 137 cm³/mol. The monoisotopic (exact) mass is 506 g/mol. The zero-order chi connectivity index (χ0) is 26.3. The Labute approximate surface area is 214 Å². The molecule has 0 aliphatic heterocycles. The lowest BCUT2D eigenvalue weighted by molar-refractivity contribution is -0.137. The minimum atomic E-state index is -4.40. The molecule has 0 fully saturated rings. The number of aromatic nitrogens is 1. The van der Waals surface area contributed by atoms with Gasteiger partial charge < -0.3 is 14.2 Å². The first-order chi connectivity index (χ1) is 17.9. The molecular formula is C30H29F3N2O2. The number of hydrogen-bond donors (Lipinski definition) is 0. The molecule has 37 heavy (non-hydrogen) atoms. The third-order valence-electron chi connectivity index (χ3n) is 6.27. The third kappa shape index (κ3) is 6.68. The average molecular weight is 507 g/mol. The van der Waals surface area contributed by atoms with Gasteiger partial charge in [-0.25, -0.2) is 0 Å². The summed E-state index contributed by atoms with van der Waals surface area (Å²) >= 11 is 0. The maximum absolute atomic E-state index is 14.0. The van der Waals surface area contributed by atoms with Gasteiger partial charge in [-0.05, 0) is 41.0 Å². The van der Waals surface area contributed by atoms with Gasteiger partial charge in [-0.15, -0.1) is 0 Å². The van der Waals surface area contributed by atoms with Gasteiger partial charge in [0, 0.05) is 32.1 Å². The quantitative estimate of drug-likeness (QED) is 0.251. The molecule has 0 saturated carbocycles. The molecule has 0 spiro atoms. The van der Waals surface area contributed by atoms with Crippen molar-refractivity contribution in [2.75, 3.05) is 20.3 Å². The van der Waals surface area contributed by atoms with Crippen molar-refractivity contribution in [1.82, 2.24) is 9.47 Å². The molecule has 192 valence electrons. The van der Waals surface area contributed by atoms with E-state index in [2.05, 4.69) is 0 Å². The fourth-order valence-corrected chi connectivity index (χ4v) is 4.41. The normalized spacial score (nSPS) is 11.6. The summed E-state index contributed by atoms with van der Waals surface area (Å²) < 4.78 is 46.8. The number of amides is 1. The second kappa shape index (κ2) is 11.9. The van der Waals surface area contributed by atoms with Crippen LogP contribution in [-0.4, -0.2) is 35.6 Å². The van der Waals surface area contributed by atoms with Crippen LogP contribution in [0, 0.1) is 0 Å². The van der Waals surface area contributed by atoms with Crippen molar-refractivity contribution in [1.29, 1.82) is 0 Å². The largest absolute Gasteiger partial charge is 0.416 e. The highest BCUT2D eigenvalue weighted by Gasteiger charge is 2.31. The Morgan fingerprint density at radius 2 is 1.54 bits per heavy atom. The molecular weight excluding hydrogens is 477 g/mol. The Hall–Kier alpha value is -3.84. The van der Waals surface area contributed by atoms with Crippen LogP contribution < -0.4 is 0 Å². The molecule has 0 N–H and O–H groups in total. The van der Waals surface area contributed by atoms with Crippen LogP contribution in [0.25, 0.3) is 0 Å². The van der Waals surface area contributed by atoms with Crippen LogP contribution in [-0.2, 0) is 28.8 Å². The first-order valence-corrected chi connectivity index (χ1v) is 12.0. The number of halogens is 3. The number of carbonyl (C=O) groups is 1. The molecule has 4 nitrogen and oxygen atoms in total. The van der Waals surface area contributed by atoms with Crippen LogP contribution in [0.4, 0.5) is 13.2 Å². The Bertz CT molecular complexity index is 1250. The van der Waals surface area contributed by atoms with Crippen molar-refractivity contribution in [3.63, 3.8) is 0 Å². The Morgan fingerprint density at radius 3 is 2.14 bits per heavy atom. The molecule has 1 aromatic heterocycles. The number of rotatable bonds is 10. The van der Waals surface area contributed by atoms with Crippen molar-refractivity contribution in [3.05, 3.63) is 131 Å². The molecule has 0 aliphatic rings. The van der Waals surface area contributed by atoms with Crippen LogP contribution in [0.3, 0.4) is 0 Å². The van der Waals surface area contributed by atoms with Gasteiger partial charge >= 0.3 is 6.18 Å². The summed E-state index contributed by atoms with van der Waals surface area (Å²) in [5, 5.41) is 0. The molecule has 0 aliphatic carbocycles. The topological polar surface area (TPSA) is 34.5 Å². The number of hydrogen-bond acceptors (Lipinski definition) is 2. The molecule has 4 aromatic rings. The van der Waals surface area contributed by atoms with Crippen LogP contribution >= 0.6 is 0 Å². The lowest BCUT2D eigenvalue weighted by atomic mass is 9.90. The van der Waals surface area contributed by atoms with Crippen molar-refractivity contribution in [3.8, 4) is 0 Å². The lowest BCUT2D eigenvalue weighted by Gasteiger charge is -2.28. The number of alkyl halides is 3. The van der Waals surface area contributed by atoms with E-state index >= 15 is 0 Å². The van der Waals surface area contributed by atoms with Gasteiger partial charge in [-0.1, -0.05) is 72.8 Å². The first kappa shape index (κ1) is 26.2. The van der Waals surface area contributed by atoms with E-state index in [0.29, 0.717) is 25.3 Å². The predicted octanol–water partition coefficient (Wildman–Crippen LogP) is 6.36. The summed E-state index contributed by atoms with van der Waals surface area (Å²) in [6.45, 7) is 1.29. The Morgan fingerprint density at radius 1 is 0.892 bits per heavy atom. The maximum atomic E-state index is 14.0. The van der Waals surface area contributed by atoms with E-state index in [0.717, 1.165) is 22.9 Å². The van der Waals surface area contributed by atoms with Crippen LogP contribution in [0.15, 0.2) is 103 Å². The van der Waals surface area contributed by atoms with Crippen LogP contribution in [0.5, 0.6) is 0 Å². The van der Waals surface area contributed by atoms with E-state index in [4.69, 9.17) is 4.74 Å². The third-order valence-corrected chi connectivity index (χ3v) is 6.27. The fraction of sp³-hybridized carbons (Fsp3) is 0.233. The van der Waals surface area contributed by atoms with Gasteiger partial charge in [0.25, 0.3) is 0 Å².